The van der Waals surface area contributed by atoms with E-state index in [9.17, 15) is 10.1 Å². The third-order valence-electron chi connectivity index (χ3n) is 4.52. The van der Waals surface area contributed by atoms with Crippen LogP contribution in [-0.4, -0.2) is 31.7 Å². The molecule has 2 aromatic carbocycles. The first-order valence-electron chi connectivity index (χ1n) is 8.28. The SMILES string of the molecule is COCc1cc([N+](=O)[O-])ccc1N1CCOC(c2ccccc2C)C1. The third kappa shape index (κ3) is 3.81. The first-order chi connectivity index (χ1) is 12.1. The van der Waals surface area contributed by atoms with Gasteiger partial charge < -0.3 is 14.4 Å². The Morgan fingerprint density at radius 1 is 1.32 bits per heavy atom. The first-order valence-corrected chi connectivity index (χ1v) is 8.28. The summed E-state index contributed by atoms with van der Waals surface area (Å²) in [5.41, 5.74) is 4.26. The van der Waals surface area contributed by atoms with Crippen molar-refractivity contribution in [3.63, 3.8) is 0 Å². The van der Waals surface area contributed by atoms with Crippen LogP contribution in [0.15, 0.2) is 42.5 Å². The van der Waals surface area contributed by atoms with Crippen LogP contribution in [0.1, 0.15) is 22.8 Å². The van der Waals surface area contributed by atoms with E-state index < -0.39 is 0 Å². The number of nitro groups is 1. The van der Waals surface area contributed by atoms with Gasteiger partial charge in [-0.1, -0.05) is 24.3 Å². The van der Waals surface area contributed by atoms with Gasteiger partial charge in [-0.15, -0.1) is 0 Å². The largest absolute Gasteiger partial charge is 0.380 e. The molecule has 6 nitrogen and oxygen atoms in total. The van der Waals surface area contributed by atoms with Gasteiger partial charge in [-0.3, -0.25) is 10.1 Å². The van der Waals surface area contributed by atoms with E-state index in [1.54, 1.807) is 19.2 Å². The van der Waals surface area contributed by atoms with Crippen LogP contribution >= 0.6 is 0 Å². The zero-order valence-corrected chi connectivity index (χ0v) is 14.5. The highest BCUT2D eigenvalue weighted by molar-refractivity contribution is 5.58. The molecule has 132 valence electrons. The van der Waals surface area contributed by atoms with Crippen molar-refractivity contribution < 1.29 is 14.4 Å². The van der Waals surface area contributed by atoms with Crippen LogP contribution in [0.25, 0.3) is 0 Å². The number of methoxy groups -OCH3 is 1. The normalized spacial score (nSPS) is 17.5. The van der Waals surface area contributed by atoms with Crippen LogP contribution in [-0.2, 0) is 16.1 Å². The summed E-state index contributed by atoms with van der Waals surface area (Å²) in [5.74, 6) is 0. The minimum Gasteiger partial charge on any atom is -0.380 e. The third-order valence-corrected chi connectivity index (χ3v) is 4.52. The number of nitro benzene ring substituents is 1. The maximum absolute atomic E-state index is 11.1. The molecule has 0 aromatic heterocycles. The van der Waals surface area contributed by atoms with E-state index in [1.165, 1.54) is 11.1 Å². The van der Waals surface area contributed by atoms with Crippen LogP contribution in [0.4, 0.5) is 11.4 Å². The second-order valence-electron chi connectivity index (χ2n) is 6.17. The number of nitrogens with zero attached hydrogens (tertiary/aromatic N) is 2. The van der Waals surface area contributed by atoms with Crippen molar-refractivity contribution in [2.24, 2.45) is 0 Å². The molecule has 0 spiro atoms. The number of non-ortho nitro benzene ring substituents is 1. The molecule has 0 bridgehead atoms. The Morgan fingerprint density at radius 2 is 2.12 bits per heavy atom. The topological polar surface area (TPSA) is 64.8 Å². The molecular weight excluding hydrogens is 320 g/mol. The standard InChI is InChI=1S/C19H22N2O4/c1-14-5-3-4-6-17(14)19-12-20(9-10-25-19)18-8-7-16(21(22)23)11-15(18)13-24-2/h3-8,11,19H,9-10,12-13H2,1-2H3. The molecule has 25 heavy (non-hydrogen) atoms. The van der Waals surface area contributed by atoms with Gasteiger partial charge in [-0.25, -0.2) is 0 Å². The molecule has 1 atom stereocenters. The highest BCUT2D eigenvalue weighted by Crippen LogP contribution is 2.31. The van der Waals surface area contributed by atoms with Crippen LogP contribution in [0.5, 0.6) is 0 Å². The fraction of sp³-hybridized carbons (Fsp3) is 0.368. The van der Waals surface area contributed by atoms with Gasteiger partial charge in [0.25, 0.3) is 5.69 Å². The van der Waals surface area contributed by atoms with Gasteiger partial charge in [0.15, 0.2) is 0 Å². The number of ether oxygens (including phenoxy) is 2. The summed E-state index contributed by atoms with van der Waals surface area (Å²) < 4.78 is 11.2. The Bertz CT molecular complexity index is 763. The van der Waals surface area contributed by atoms with Gasteiger partial charge in [0, 0.05) is 43.6 Å². The van der Waals surface area contributed by atoms with Gasteiger partial charge in [-0.2, -0.15) is 0 Å². The van der Waals surface area contributed by atoms with Crippen molar-refractivity contribution in [1.82, 2.24) is 0 Å². The van der Waals surface area contributed by atoms with Crippen molar-refractivity contribution >= 4 is 11.4 Å². The molecule has 1 aliphatic rings. The number of benzene rings is 2. The second-order valence-corrected chi connectivity index (χ2v) is 6.17. The van der Waals surface area contributed by atoms with Crippen molar-refractivity contribution in [3.8, 4) is 0 Å². The van der Waals surface area contributed by atoms with Crippen LogP contribution < -0.4 is 4.90 Å². The monoisotopic (exact) mass is 342 g/mol. The summed E-state index contributed by atoms with van der Waals surface area (Å²) in [7, 11) is 1.60. The van der Waals surface area contributed by atoms with Gasteiger partial charge in [-0.05, 0) is 24.1 Å². The number of anilines is 1. The van der Waals surface area contributed by atoms with E-state index in [0.29, 0.717) is 19.8 Å². The number of morpholine rings is 1. The van der Waals surface area contributed by atoms with Gasteiger partial charge >= 0.3 is 0 Å². The molecule has 6 heteroatoms. The van der Waals surface area contributed by atoms with E-state index >= 15 is 0 Å². The van der Waals surface area contributed by atoms with Gasteiger partial charge in [0.05, 0.1) is 18.1 Å². The fourth-order valence-electron chi connectivity index (χ4n) is 3.27. The fourth-order valence-corrected chi connectivity index (χ4v) is 3.27. The number of hydrogen-bond donors (Lipinski definition) is 0. The number of hydrogen-bond acceptors (Lipinski definition) is 5. The van der Waals surface area contributed by atoms with Crippen molar-refractivity contribution in [3.05, 3.63) is 69.3 Å². The number of aryl methyl sites for hydroxylation is 1. The van der Waals surface area contributed by atoms with Crippen LogP contribution in [0.3, 0.4) is 0 Å². The lowest BCUT2D eigenvalue weighted by Crippen LogP contribution is -2.39. The molecule has 1 heterocycles. The minimum absolute atomic E-state index is 0.0134. The maximum atomic E-state index is 11.1. The Kier molecular flexibility index (Phi) is 5.31. The van der Waals surface area contributed by atoms with Crippen LogP contribution in [0.2, 0.25) is 0 Å². The molecule has 1 fully saturated rings. The van der Waals surface area contributed by atoms with E-state index in [4.69, 9.17) is 9.47 Å². The first kappa shape index (κ1) is 17.4. The summed E-state index contributed by atoms with van der Waals surface area (Å²) in [6.07, 6.45) is -0.0134. The Labute approximate surface area is 147 Å². The molecule has 0 amide bonds. The van der Waals surface area contributed by atoms with Gasteiger partial charge in [0.2, 0.25) is 0 Å². The molecule has 0 aliphatic carbocycles. The van der Waals surface area contributed by atoms with Crippen molar-refractivity contribution in [2.45, 2.75) is 19.6 Å². The second kappa shape index (κ2) is 7.63. The smallest absolute Gasteiger partial charge is 0.269 e. The predicted octanol–water partition coefficient (Wildman–Crippen LogP) is 3.63. The highest BCUT2D eigenvalue weighted by Gasteiger charge is 2.25. The summed E-state index contributed by atoms with van der Waals surface area (Å²) >= 11 is 0. The molecule has 3 rings (SSSR count). The maximum Gasteiger partial charge on any atom is 0.269 e. The lowest BCUT2D eigenvalue weighted by atomic mass is 10.0. The van der Waals surface area contributed by atoms with E-state index in [1.807, 2.05) is 18.2 Å². The highest BCUT2D eigenvalue weighted by atomic mass is 16.6. The average molecular weight is 342 g/mol. The molecule has 1 saturated heterocycles. The number of rotatable bonds is 5. The molecular formula is C19H22N2O4. The molecule has 0 N–H and O–H groups in total. The quantitative estimate of drug-likeness (QED) is 0.613. The van der Waals surface area contributed by atoms with Crippen LogP contribution in [0, 0.1) is 17.0 Å². The van der Waals surface area contributed by atoms with Gasteiger partial charge in [0.1, 0.15) is 6.10 Å². The zero-order chi connectivity index (χ0) is 17.8. The van der Waals surface area contributed by atoms with Crippen molar-refractivity contribution in [2.75, 3.05) is 31.7 Å². The lowest BCUT2D eigenvalue weighted by molar-refractivity contribution is -0.384. The Hall–Kier alpha value is -2.44. The molecule has 1 aliphatic heterocycles. The molecule has 2 aromatic rings. The summed E-state index contributed by atoms with van der Waals surface area (Å²) in [4.78, 5) is 12.9. The summed E-state index contributed by atoms with van der Waals surface area (Å²) in [6, 6.07) is 13.2. The zero-order valence-electron chi connectivity index (χ0n) is 14.5. The van der Waals surface area contributed by atoms with E-state index in [2.05, 4.69) is 24.0 Å². The molecule has 0 radical (unpaired) electrons. The van der Waals surface area contributed by atoms with Crippen molar-refractivity contribution in [1.29, 1.82) is 0 Å². The summed E-state index contributed by atoms with van der Waals surface area (Å²) in [6.45, 7) is 4.49. The predicted molar refractivity (Wildman–Crippen MR) is 95.9 cm³/mol. The van der Waals surface area contributed by atoms with E-state index in [-0.39, 0.29) is 16.7 Å². The Morgan fingerprint density at radius 3 is 2.84 bits per heavy atom. The molecule has 0 saturated carbocycles. The Balaban J connectivity index is 1.88. The minimum atomic E-state index is -0.377. The molecule has 1 unspecified atom stereocenters. The lowest BCUT2D eigenvalue weighted by Gasteiger charge is -2.36. The average Bonchev–Trinajstić information content (AvgIpc) is 2.62. The van der Waals surface area contributed by atoms with E-state index in [0.717, 1.165) is 17.8 Å². The summed E-state index contributed by atoms with van der Waals surface area (Å²) in [5, 5.41) is 11.1.